The second-order valence-electron chi connectivity index (χ2n) is 6.26. The Morgan fingerprint density at radius 2 is 1.90 bits per heavy atom. The minimum absolute atomic E-state index is 0.0123. The van der Waals surface area contributed by atoms with Crippen molar-refractivity contribution in [2.75, 3.05) is 13.7 Å². The lowest BCUT2D eigenvalue weighted by molar-refractivity contribution is 0.111. The van der Waals surface area contributed by atoms with E-state index in [2.05, 4.69) is 0 Å². The molecule has 110 valence electrons. The second kappa shape index (κ2) is 5.74. The molecule has 4 atom stereocenters. The Balaban J connectivity index is 1.79. The molecule has 0 aromatic heterocycles. The molecule has 0 bridgehead atoms. The van der Waals surface area contributed by atoms with Crippen molar-refractivity contribution in [2.45, 2.75) is 37.7 Å². The summed E-state index contributed by atoms with van der Waals surface area (Å²) in [5.41, 5.74) is 7.02. The number of fused-ring (bicyclic) bond motifs is 1. The molecule has 0 saturated heterocycles. The SMILES string of the molecule is COc1ccccc1C(CN)C(O)C1C2CCCCC21. The van der Waals surface area contributed by atoms with E-state index in [0.717, 1.165) is 23.1 Å². The Bertz CT molecular complexity index is 450. The molecule has 0 spiro atoms. The van der Waals surface area contributed by atoms with E-state index >= 15 is 0 Å². The fourth-order valence-corrected chi connectivity index (χ4v) is 4.25. The first-order valence-corrected chi connectivity index (χ1v) is 7.79. The highest BCUT2D eigenvalue weighted by molar-refractivity contribution is 5.37. The number of nitrogens with two attached hydrogens (primary N) is 1. The molecule has 2 aliphatic rings. The van der Waals surface area contributed by atoms with Crippen LogP contribution in [0.5, 0.6) is 5.75 Å². The van der Waals surface area contributed by atoms with Crippen LogP contribution in [0.25, 0.3) is 0 Å². The fourth-order valence-electron chi connectivity index (χ4n) is 4.25. The van der Waals surface area contributed by atoms with Crippen LogP contribution in [-0.4, -0.2) is 24.9 Å². The Hall–Kier alpha value is -1.06. The minimum Gasteiger partial charge on any atom is -0.496 e. The molecule has 0 amide bonds. The number of hydrogen-bond donors (Lipinski definition) is 2. The first kappa shape index (κ1) is 13.9. The molecule has 2 fully saturated rings. The second-order valence-corrected chi connectivity index (χ2v) is 6.26. The van der Waals surface area contributed by atoms with E-state index in [4.69, 9.17) is 10.5 Å². The summed E-state index contributed by atoms with van der Waals surface area (Å²) in [6, 6.07) is 7.93. The fraction of sp³-hybridized carbons (Fsp3) is 0.647. The summed E-state index contributed by atoms with van der Waals surface area (Å²) in [4.78, 5) is 0. The van der Waals surface area contributed by atoms with Gasteiger partial charge in [0.15, 0.2) is 0 Å². The van der Waals surface area contributed by atoms with Crippen LogP contribution in [0.3, 0.4) is 0 Å². The van der Waals surface area contributed by atoms with Crippen molar-refractivity contribution >= 4 is 0 Å². The van der Waals surface area contributed by atoms with Crippen molar-refractivity contribution in [3.05, 3.63) is 29.8 Å². The van der Waals surface area contributed by atoms with Gasteiger partial charge in [-0.05, 0) is 36.7 Å². The molecule has 0 radical (unpaired) electrons. The van der Waals surface area contributed by atoms with Crippen molar-refractivity contribution < 1.29 is 9.84 Å². The van der Waals surface area contributed by atoms with Gasteiger partial charge in [0.25, 0.3) is 0 Å². The number of ether oxygens (including phenoxy) is 1. The average molecular weight is 275 g/mol. The summed E-state index contributed by atoms with van der Waals surface area (Å²) >= 11 is 0. The first-order valence-electron chi connectivity index (χ1n) is 7.79. The molecule has 1 aromatic carbocycles. The van der Waals surface area contributed by atoms with Gasteiger partial charge < -0.3 is 15.6 Å². The van der Waals surface area contributed by atoms with Gasteiger partial charge in [-0.15, -0.1) is 0 Å². The van der Waals surface area contributed by atoms with Crippen LogP contribution in [-0.2, 0) is 0 Å². The van der Waals surface area contributed by atoms with Gasteiger partial charge in [-0.2, -0.15) is 0 Å². The van der Waals surface area contributed by atoms with Gasteiger partial charge in [-0.25, -0.2) is 0 Å². The lowest BCUT2D eigenvalue weighted by atomic mass is 9.89. The van der Waals surface area contributed by atoms with Crippen LogP contribution >= 0.6 is 0 Å². The smallest absolute Gasteiger partial charge is 0.122 e. The molecule has 20 heavy (non-hydrogen) atoms. The van der Waals surface area contributed by atoms with Gasteiger partial charge in [0.2, 0.25) is 0 Å². The van der Waals surface area contributed by atoms with Crippen LogP contribution in [0.2, 0.25) is 0 Å². The van der Waals surface area contributed by atoms with Crippen molar-refractivity contribution in [2.24, 2.45) is 23.5 Å². The predicted molar refractivity (Wildman–Crippen MR) is 79.7 cm³/mol. The maximum atomic E-state index is 10.8. The van der Waals surface area contributed by atoms with Crippen molar-refractivity contribution in [3.63, 3.8) is 0 Å². The molecular formula is C17H25NO2. The summed E-state index contributed by atoms with van der Waals surface area (Å²) in [6.07, 6.45) is 4.90. The normalized spacial score (nSPS) is 31.2. The summed E-state index contributed by atoms with van der Waals surface area (Å²) in [5, 5.41) is 10.8. The van der Waals surface area contributed by atoms with Gasteiger partial charge in [-0.3, -0.25) is 0 Å². The van der Waals surface area contributed by atoms with Gasteiger partial charge >= 0.3 is 0 Å². The van der Waals surface area contributed by atoms with E-state index in [-0.39, 0.29) is 12.0 Å². The van der Waals surface area contributed by atoms with E-state index in [0.29, 0.717) is 12.5 Å². The van der Waals surface area contributed by atoms with Crippen molar-refractivity contribution in [1.29, 1.82) is 0 Å². The van der Waals surface area contributed by atoms with E-state index in [1.54, 1.807) is 7.11 Å². The summed E-state index contributed by atoms with van der Waals surface area (Å²) in [6.45, 7) is 0.470. The first-order chi connectivity index (χ1) is 9.77. The molecule has 1 aromatic rings. The third-order valence-corrected chi connectivity index (χ3v) is 5.32. The topological polar surface area (TPSA) is 55.5 Å². The largest absolute Gasteiger partial charge is 0.496 e. The predicted octanol–water partition coefficient (Wildman–Crippen LogP) is 2.53. The van der Waals surface area contributed by atoms with Crippen molar-refractivity contribution in [1.82, 2.24) is 0 Å². The summed E-state index contributed by atoms with van der Waals surface area (Å²) < 4.78 is 5.43. The highest BCUT2D eigenvalue weighted by atomic mass is 16.5. The Morgan fingerprint density at radius 1 is 1.25 bits per heavy atom. The highest BCUT2D eigenvalue weighted by Gasteiger charge is 2.55. The number of aliphatic hydroxyl groups excluding tert-OH is 1. The number of benzene rings is 1. The molecule has 3 nitrogen and oxygen atoms in total. The summed E-state index contributed by atoms with van der Waals surface area (Å²) in [7, 11) is 1.68. The lowest BCUT2D eigenvalue weighted by Crippen LogP contribution is -2.29. The molecule has 3 N–H and O–H groups in total. The Labute approximate surface area is 121 Å². The minimum atomic E-state index is -0.329. The lowest BCUT2D eigenvalue weighted by Gasteiger charge is -2.24. The van der Waals surface area contributed by atoms with Gasteiger partial charge in [0.1, 0.15) is 5.75 Å². The van der Waals surface area contributed by atoms with E-state index < -0.39 is 0 Å². The van der Waals surface area contributed by atoms with Gasteiger partial charge in [0, 0.05) is 18.0 Å². The molecule has 0 heterocycles. The molecule has 0 aliphatic heterocycles. The zero-order chi connectivity index (χ0) is 14.1. The molecule has 2 aliphatic carbocycles. The molecule has 3 heteroatoms. The van der Waals surface area contributed by atoms with E-state index in [1.807, 2.05) is 24.3 Å². The van der Waals surface area contributed by atoms with Crippen LogP contribution in [0.15, 0.2) is 24.3 Å². The maximum absolute atomic E-state index is 10.8. The van der Waals surface area contributed by atoms with E-state index in [9.17, 15) is 5.11 Å². The number of methoxy groups -OCH3 is 1. The molecule has 2 saturated carbocycles. The van der Waals surface area contributed by atoms with Gasteiger partial charge in [0.05, 0.1) is 13.2 Å². The highest BCUT2D eigenvalue weighted by Crippen LogP contribution is 2.58. The van der Waals surface area contributed by atoms with Crippen molar-refractivity contribution in [3.8, 4) is 5.75 Å². The number of para-hydroxylation sites is 1. The number of hydrogen-bond acceptors (Lipinski definition) is 3. The van der Waals surface area contributed by atoms with Crippen LogP contribution in [0.4, 0.5) is 0 Å². The molecule has 3 rings (SSSR count). The van der Waals surface area contributed by atoms with Crippen LogP contribution in [0.1, 0.15) is 37.2 Å². The molecular weight excluding hydrogens is 250 g/mol. The van der Waals surface area contributed by atoms with Crippen LogP contribution < -0.4 is 10.5 Å². The third-order valence-electron chi connectivity index (χ3n) is 5.32. The van der Waals surface area contributed by atoms with Crippen LogP contribution in [0, 0.1) is 17.8 Å². The zero-order valence-electron chi connectivity index (χ0n) is 12.2. The number of rotatable bonds is 5. The third kappa shape index (κ3) is 2.33. The maximum Gasteiger partial charge on any atom is 0.122 e. The number of aliphatic hydroxyl groups is 1. The van der Waals surface area contributed by atoms with E-state index in [1.165, 1.54) is 25.7 Å². The Morgan fingerprint density at radius 3 is 2.50 bits per heavy atom. The Kier molecular flexibility index (Phi) is 3.99. The monoisotopic (exact) mass is 275 g/mol. The zero-order valence-corrected chi connectivity index (χ0v) is 12.2. The van der Waals surface area contributed by atoms with Gasteiger partial charge in [-0.1, -0.05) is 31.0 Å². The quantitative estimate of drug-likeness (QED) is 0.868. The summed E-state index contributed by atoms with van der Waals surface area (Å²) in [5.74, 6) is 2.76. The average Bonchev–Trinajstić information content (AvgIpc) is 3.22. The standard InChI is InChI=1S/C17H25NO2/c1-20-15-9-5-4-6-11(15)14(10-18)17(19)16-12-7-2-3-8-13(12)16/h4-6,9,12-14,16-17,19H,2-3,7-8,10,18H2,1H3. The molecule has 4 unspecified atom stereocenters.